The van der Waals surface area contributed by atoms with E-state index in [0.29, 0.717) is 12.3 Å². The zero-order chi connectivity index (χ0) is 20.6. The van der Waals surface area contributed by atoms with Gasteiger partial charge in [0.05, 0.1) is 20.8 Å². The minimum atomic E-state index is 0. The summed E-state index contributed by atoms with van der Waals surface area (Å²) in [5.74, 6) is 2.38. The molecule has 0 aliphatic carbocycles. The maximum Gasteiger partial charge on any atom is 0.194 e. The van der Waals surface area contributed by atoms with Crippen molar-refractivity contribution in [2.75, 3.05) is 51.8 Å². The Morgan fingerprint density at radius 2 is 1.73 bits per heavy atom. The van der Waals surface area contributed by atoms with Crippen LogP contribution in [0.3, 0.4) is 0 Å². The van der Waals surface area contributed by atoms with Crippen LogP contribution in [0.4, 0.5) is 5.69 Å². The lowest BCUT2D eigenvalue weighted by Crippen LogP contribution is -2.52. The zero-order valence-electron chi connectivity index (χ0n) is 17.8. The van der Waals surface area contributed by atoms with Gasteiger partial charge >= 0.3 is 0 Å². The Hall–Kier alpha value is -2.36. The molecule has 2 aromatic rings. The smallest absolute Gasteiger partial charge is 0.194 e. The third-order valence-corrected chi connectivity index (χ3v) is 5.01. The maximum atomic E-state index is 9.97. The summed E-state index contributed by atoms with van der Waals surface area (Å²) < 4.78 is 10.3. The molecule has 1 aliphatic heterocycles. The van der Waals surface area contributed by atoms with Crippen LogP contribution >= 0.6 is 24.0 Å². The molecule has 0 saturated carbocycles. The van der Waals surface area contributed by atoms with Crippen LogP contribution in [0.15, 0.2) is 47.5 Å². The number of nitrogens with one attached hydrogen (secondary N) is 1. The van der Waals surface area contributed by atoms with Gasteiger partial charge in [-0.15, -0.1) is 24.0 Å². The standard InChI is InChI=1S/C22H30N4O3.HI/c1-4-23-22(24-16-17-5-10-21(29-3)20(27)15-17)26-13-11-25(12-14-26)18-6-8-19(28-2)9-7-18;/h5-10,15,27H,4,11-14,16H2,1-3H3,(H,23,24);1H. The van der Waals surface area contributed by atoms with E-state index >= 15 is 0 Å². The van der Waals surface area contributed by atoms with E-state index in [9.17, 15) is 5.11 Å². The van der Waals surface area contributed by atoms with E-state index in [-0.39, 0.29) is 29.7 Å². The van der Waals surface area contributed by atoms with Crippen molar-refractivity contribution in [1.29, 1.82) is 0 Å². The van der Waals surface area contributed by atoms with Crippen molar-refractivity contribution < 1.29 is 14.6 Å². The lowest BCUT2D eigenvalue weighted by molar-refractivity contribution is 0.371. The van der Waals surface area contributed by atoms with Gasteiger partial charge in [-0.1, -0.05) is 6.07 Å². The monoisotopic (exact) mass is 526 g/mol. The van der Waals surface area contributed by atoms with Crippen LogP contribution in [0.1, 0.15) is 12.5 Å². The summed E-state index contributed by atoms with van der Waals surface area (Å²) >= 11 is 0. The van der Waals surface area contributed by atoms with Crippen molar-refractivity contribution in [3.63, 3.8) is 0 Å². The Balaban J connectivity index is 0.00000320. The molecule has 0 bridgehead atoms. The summed E-state index contributed by atoms with van der Waals surface area (Å²) in [7, 11) is 3.23. The molecule has 1 heterocycles. The molecule has 3 rings (SSSR count). The summed E-state index contributed by atoms with van der Waals surface area (Å²) in [4.78, 5) is 9.43. The molecule has 0 radical (unpaired) electrons. The topological polar surface area (TPSA) is 69.6 Å². The maximum absolute atomic E-state index is 9.97. The molecule has 1 saturated heterocycles. The van der Waals surface area contributed by atoms with Gasteiger partial charge in [0.25, 0.3) is 0 Å². The second-order valence-electron chi connectivity index (χ2n) is 6.85. The van der Waals surface area contributed by atoms with Crippen molar-refractivity contribution in [3.05, 3.63) is 48.0 Å². The minimum Gasteiger partial charge on any atom is -0.504 e. The van der Waals surface area contributed by atoms with Crippen LogP contribution in [0.25, 0.3) is 0 Å². The van der Waals surface area contributed by atoms with Gasteiger partial charge in [-0.05, 0) is 48.9 Å². The van der Waals surface area contributed by atoms with Crippen LogP contribution in [-0.2, 0) is 6.54 Å². The largest absolute Gasteiger partial charge is 0.504 e. The normalized spacial score (nSPS) is 14.2. The predicted molar refractivity (Wildman–Crippen MR) is 132 cm³/mol. The van der Waals surface area contributed by atoms with Gasteiger partial charge in [-0.25, -0.2) is 4.99 Å². The van der Waals surface area contributed by atoms with Crippen LogP contribution in [0, 0.1) is 0 Å². The quantitative estimate of drug-likeness (QED) is 0.342. The number of phenolic OH excluding ortho intramolecular Hbond substituents is 1. The highest BCUT2D eigenvalue weighted by Crippen LogP contribution is 2.26. The molecule has 0 unspecified atom stereocenters. The third kappa shape index (κ3) is 6.07. The average molecular weight is 526 g/mol. The average Bonchev–Trinajstić information content (AvgIpc) is 2.77. The molecule has 30 heavy (non-hydrogen) atoms. The molecule has 0 spiro atoms. The molecule has 1 aliphatic rings. The van der Waals surface area contributed by atoms with E-state index in [4.69, 9.17) is 14.5 Å². The van der Waals surface area contributed by atoms with Gasteiger partial charge in [-0.3, -0.25) is 0 Å². The SMILES string of the molecule is CCNC(=NCc1ccc(OC)c(O)c1)N1CCN(c2ccc(OC)cc2)CC1.I. The van der Waals surface area contributed by atoms with E-state index < -0.39 is 0 Å². The van der Waals surface area contributed by atoms with Crippen LogP contribution < -0.4 is 19.7 Å². The molecule has 2 N–H and O–H groups in total. The summed E-state index contributed by atoms with van der Waals surface area (Å²) in [6.07, 6.45) is 0. The Labute approximate surface area is 195 Å². The van der Waals surface area contributed by atoms with Gasteiger partial charge in [0.15, 0.2) is 17.5 Å². The third-order valence-electron chi connectivity index (χ3n) is 5.01. The highest BCUT2D eigenvalue weighted by molar-refractivity contribution is 14.0. The molecular weight excluding hydrogens is 495 g/mol. The highest BCUT2D eigenvalue weighted by Gasteiger charge is 2.20. The van der Waals surface area contributed by atoms with Gasteiger partial charge in [-0.2, -0.15) is 0 Å². The summed E-state index contributed by atoms with van der Waals surface area (Å²) in [5.41, 5.74) is 2.15. The van der Waals surface area contributed by atoms with Crippen molar-refractivity contribution >= 4 is 35.6 Å². The van der Waals surface area contributed by atoms with Crippen LogP contribution in [0.2, 0.25) is 0 Å². The second kappa shape index (κ2) is 11.7. The van der Waals surface area contributed by atoms with Gasteiger partial charge in [0, 0.05) is 38.4 Å². The van der Waals surface area contributed by atoms with Gasteiger partial charge in [0.2, 0.25) is 0 Å². The molecule has 2 aromatic carbocycles. The number of anilines is 1. The lowest BCUT2D eigenvalue weighted by Gasteiger charge is -2.37. The van der Waals surface area contributed by atoms with Crippen LogP contribution in [0.5, 0.6) is 17.2 Å². The number of hydrogen-bond acceptors (Lipinski definition) is 5. The Morgan fingerprint density at radius 3 is 2.30 bits per heavy atom. The van der Waals surface area contributed by atoms with E-state index in [1.807, 2.05) is 18.2 Å². The van der Waals surface area contributed by atoms with Gasteiger partial charge in [0.1, 0.15) is 5.75 Å². The first-order valence-electron chi connectivity index (χ1n) is 9.92. The number of aliphatic imine (C=N–C) groups is 1. The first-order chi connectivity index (χ1) is 14.1. The molecule has 0 atom stereocenters. The number of benzene rings is 2. The molecule has 164 valence electrons. The van der Waals surface area contributed by atoms with E-state index in [0.717, 1.165) is 50.0 Å². The number of nitrogens with zero attached hydrogens (tertiary/aromatic N) is 3. The first-order valence-corrected chi connectivity index (χ1v) is 9.92. The zero-order valence-corrected chi connectivity index (χ0v) is 20.1. The lowest BCUT2D eigenvalue weighted by atomic mass is 10.2. The second-order valence-corrected chi connectivity index (χ2v) is 6.85. The van der Waals surface area contributed by atoms with E-state index in [2.05, 4.69) is 34.2 Å². The molecule has 7 nitrogen and oxygen atoms in total. The fourth-order valence-electron chi connectivity index (χ4n) is 3.40. The van der Waals surface area contributed by atoms with Crippen molar-refractivity contribution in [2.24, 2.45) is 4.99 Å². The fraction of sp³-hybridized carbons (Fsp3) is 0.409. The van der Waals surface area contributed by atoms with Gasteiger partial charge < -0.3 is 29.7 Å². The Bertz CT molecular complexity index is 822. The summed E-state index contributed by atoms with van der Waals surface area (Å²) in [6.45, 7) is 7.03. The molecular formula is C22H31IN4O3. The molecule has 0 aromatic heterocycles. The number of piperazine rings is 1. The van der Waals surface area contributed by atoms with E-state index in [1.165, 1.54) is 5.69 Å². The van der Waals surface area contributed by atoms with Crippen molar-refractivity contribution in [2.45, 2.75) is 13.5 Å². The summed E-state index contributed by atoms with van der Waals surface area (Å²) in [5, 5.41) is 13.3. The Kier molecular flexibility index (Phi) is 9.35. The Morgan fingerprint density at radius 1 is 1.03 bits per heavy atom. The molecule has 1 fully saturated rings. The number of methoxy groups -OCH3 is 2. The van der Waals surface area contributed by atoms with Crippen molar-refractivity contribution in [1.82, 2.24) is 10.2 Å². The fourth-order valence-corrected chi connectivity index (χ4v) is 3.40. The summed E-state index contributed by atoms with van der Waals surface area (Å²) in [6, 6.07) is 13.6. The number of halogens is 1. The number of phenols is 1. The number of hydrogen-bond donors (Lipinski definition) is 2. The van der Waals surface area contributed by atoms with E-state index in [1.54, 1.807) is 26.4 Å². The first kappa shape index (κ1) is 23.9. The number of aromatic hydroxyl groups is 1. The number of guanidine groups is 1. The minimum absolute atomic E-state index is 0. The van der Waals surface area contributed by atoms with Crippen molar-refractivity contribution in [3.8, 4) is 17.2 Å². The highest BCUT2D eigenvalue weighted by atomic mass is 127. The molecule has 8 heteroatoms. The molecule has 0 amide bonds. The number of rotatable bonds is 6. The predicted octanol–water partition coefficient (Wildman–Crippen LogP) is 3.32. The van der Waals surface area contributed by atoms with Crippen LogP contribution in [-0.4, -0.2) is 62.9 Å². The number of ether oxygens (including phenoxy) is 2.